The van der Waals surface area contributed by atoms with Crippen LogP contribution in [0.5, 0.6) is 0 Å². The van der Waals surface area contributed by atoms with Crippen molar-refractivity contribution in [3.05, 3.63) is 29.3 Å². The molecule has 1 atom stereocenters. The summed E-state index contributed by atoms with van der Waals surface area (Å²) in [6.07, 6.45) is 2.24. The van der Waals surface area contributed by atoms with Gasteiger partial charge in [-0.1, -0.05) is 18.3 Å². The van der Waals surface area contributed by atoms with Crippen LogP contribution in [0.3, 0.4) is 0 Å². The number of hydrogen-bond acceptors (Lipinski definition) is 4. The van der Waals surface area contributed by atoms with Crippen LogP contribution in [0.2, 0.25) is 0 Å². The minimum absolute atomic E-state index is 0.262. The summed E-state index contributed by atoms with van der Waals surface area (Å²) in [5.41, 5.74) is 7.07. The normalized spacial score (nSPS) is 19.1. The minimum Gasteiger partial charge on any atom is -0.389 e. The van der Waals surface area contributed by atoms with Gasteiger partial charge < -0.3 is 5.73 Å². The van der Waals surface area contributed by atoms with Crippen LogP contribution in [0.4, 0.5) is 0 Å². The van der Waals surface area contributed by atoms with Crippen LogP contribution in [0.1, 0.15) is 24.0 Å². The molecule has 4 nitrogen and oxygen atoms in total. The van der Waals surface area contributed by atoms with Crippen LogP contribution in [-0.4, -0.2) is 31.0 Å². The third kappa shape index (κ3) is 3.72. The number of rotatable bonds is 5. The maximum absolute atomic E-state index is 12.2. The molecule has 0 aliphatic carbocycles. The van der Waals surface area contributed by atoms with E-state index in [-0.39, 0.29) is 9.88 Å². The van der Waals surface area contributed by atoms with Crippen molar-refractivity contribution in [1.82, 2.24) is 4.72 Å². The minimum atomic E-state index is -3.46. The number of aryl methyl sites for hydroxylation is 1. The summed E-state index contributed by atoms with van der Waals surface area (Å²) >= 11 is 6.75. The molecule has 1 saturated heterocycles. The van der Waals surface area contributed by atoms with Crippen molar-refractivity contribution in [2.24, 2.45) is 5.73 Å². The van der Waals surface area contributed by atoms with E-state index in [0.29, 0.717) is 17.4 Å². The summed E-state index contributed by atoms with van der Waals surface area (Å²) in [5.74, 6) is 1.12. The average molecular weight is 331 g/mol. The van der Waals surface area contributed by atoms with Crippen molar-refractivity contribution in [3.63, 3.8) is 0 Å². The van der Waals surface area contributed by atoms with E-state index in [1.807, 2.05) is 11.8 Å². The fraction of sp³-hybridized carbons (Fsp3) is 0.462. The van der Waals surface area contributed by atoms with Gasteiger partial charge in [0.1, 0.15) is 4.99 Å². The van der Waals surface area contributed by atoms with E-state index in [1.165, 1.54) is 6.42 Å². The van der Waals surface area contributed by atoms with Gasteiger partial charge in [-0.05, 0) is 43.2 Å². The highest BCUT2D eigenvalue weighted by atomic mass is 32.2. The zero-order chi connectivity index (χ0) is 14.8. The second-order valence-corrected chi connectivity index (χ2v) is 8.44. The van der Waals surface area contributed by atoms with Crippen LogP contribution >= 0.6 is 24.0 Å². The molecule has 0 radical (unpaired) electrons. The van der Waals surface area contributed by atoms with E-state index < -0.39 is 10.0 Å². The number of hydrogen-bond donors (Lipinski definition) is 2. The first-order valence-corrected chi connectivity index (χ1v) is 9.36. The van der Waals surface area contributed by atoms with Crippen molar-refractivity contribution in [2.75, 3.05) is 12.3 Å². The van der Waals surface area contributed by atoms with E-state index in [1.54, 1.807) is 25.1 Å². The Hall–Kier alpha value is -0.630. The molecule has 7 heteroatoms. The predicted octanol–water partition coefficient (Wildman–Crippen LogP) is 1.80. The summed E-state index contributed by atoms with van der Waals surface area (Å²) in [7, 11) is -3.46. The molecule has 1 fully saturated rings. The molecule has 0 aromatic heterocycles. The second kappa shape index (κ2) is 6.43. The third-order valence-electron chi connectivity index (χ3n) is 3.30. The van der Waals surface area contributed by atoms with Gasteiger partial charge in [0.05, 0.1) is 4.90 Å². The van der Waals surface area contributed by atoms with Gasteiger partial charge in [0.15, 0.2) is 0 Å². The highest BCUT2D eigenvalue weighted by molar-refractivity contribution is 8.00. The maximum Gasteiger partial charge on any atom is 0.240 e. The monoisotopic (exact) mass is 330 g/mol. The van der Waals surface area contributed by atoms with Crippen LogP contribution in [0.15, 0.2) is 23.1 Å². The Labute approximate surface area is 129 Å². The molecular formula is C13H18N2O2S3. The molecule has 0 amide bonds. The molecule has 110 valence electrons. The number of benzene rings is 1. The zero-order valence-electron chi connectivity index (χ0n) is 11.3. The first-order chi connectivity index (χ1) is 9.40. The van der Waals surface area contributed by atoms with Gasteiger partial charge in [-0.15, -0.1) is 0 Å². The van der Waals surface area contributed by atoms with Gasteiger partial charge in [-0.3, -0.25) is 0 Å². The van der Waals surface area contributed by atoms with Gasteiger partial charge in [0, 0.05) is 17.4 Å². The Morgan fingerprint density at radius 1 is 1.55 bits per heavy atom. The Bertz CT molecular complexity index is 608. The Morgan fingerprint density at radius 2 is 2.30 bits per heavy atom. The number of thiocarbonyl (C=S) groups is 1. The Kier molecular flexibility index (Phi) is 5.06. The van der Waals surface area contributed by atoms with Crippen LogP contribution < -0.4 is 10.5 Å². The van der Waals surface area contributed by atoms with E-state index in [0.717, 1.165) is 17.7 Å². The summed E-state index contributed by atoms with van der Waals surface area (Å²) < 4.78 is 27.2. The topological polar surface area (TPSA) is 72.2 Å². The van der Waals surface area contributed by atoms with Crippen molar-refractivity contribution in [2.45, 2.75) is 29.9 Å². The highest BCUT2D eigenvalue weighted by Gasteiger charge is 2.20. The molecule has 0 saturated carbocycles. The average Bonchev–Trinajstić information content (AvgIpc) is 2.89. The van der Waals surface area contributed by atoms with E-state index in [9.17, 15) is 8.42 Å². The van der Waals surface area contributed by atoms with Gasteiger partial charge in [-0.2, -0.15) is 11.8 Å². The first kappa shape index (κ1) is 15.8. The fourth-order valence-corrected chi connectivity index (χ4v) is 4.87. The lowest BCUT2D eigenvalue weighted by Gasteiger charge is -2.12. The van der Waals surface area contributed by atoms with E-state index in [2.05, 4.69) is 4.72 Å². The van der Waals surface area contributed by atoms with E-state index in [4.69, 9.17) is 18.0 Å². The van der Waals surface area contributed by atoms with Crippen molar-refractivity contribution in [1.29, 1.82) is 0 Å². The Balaban J connectivity index is 2.12. The number of thioether (sulfide) groups is 1. The molecule has 0 spiro atoms. The Morgan fingerprint density at radius 3 is 2.85 bits per heavy atom. The molecule has 1 aromatic carbocycles. The van der Waals surface area contributed by atoms with Crippen molar-refractivity contribution < 1.29 is 8.42 Å². The van der Waals surface area contributed by atoms with Crippen LogP contribution in [0.25, 0.3) is 0 Å². The fourth-order valence-electron chi connectivity index (χ4n) is 2.17. The molecule has 1 heterocycles. The van der Waals surface area contributed by atoms with Crippen LogP contribution in [-0.2, 0) is 10.0 Å². The number of nitrogens with one attached hydrogen (secondary N) is 1. The SMILES string of the molecule is Cc1cc(S(=O)(=O)NCC2CCCS2)ccc1C(N)=S. The first-order valence-electron chi connectivity index (χ1n) is 6.42. The van der Waals surface area contributed by atoms with Gasteiger partial charge in [-0.25, -0.2) is 13.1 Å². The lowest BCUT2D eigenvalue weighted by molar-refractivity contribution is 0.579. The van der Waals surface area contributed by atoms with Crippen molar-refractivity contribution in [3.8, 4) is 0 Å². The molecule has 2 rings (SSSR count). The number of nitrogens with two attached hydrogens (primary N) is 1. The summed E-state index contributed by atoms with van der Waals surface area (Å²) in [4.78, 5) is 0.541. The summed E-state index contributed by atoms with van der Waals surface area (Å²) in [6, 6.07) is 4.82. The lowest BCUT2D eigenvalue weighted by atomic mass is 10.1. The molecular weight excluding hydrogens is 312 g/mol. The van der Waals surface area contributed by atoms with Gasteiger partial charge in [0.25, 0.3) is 0 Å². The molecule has 0 bridgehead atoms. The quantitative estimate of drug-likeness (QED) is 0.806. The second-order valence-electron chi connectivity index (χ2n) is 4.83. The smallest absolute Gasteiger partial charge is 0.240 e. The summed E-state index contributed by atoms with van der Waals surface area (Å²) in [5, 5.41) is 0.391. The predicted molar refractivity (Wildman–Crippen MR) is 87.7 cm³/mol. The number of sulfonamides is 1. The standard InChI is InChI=1S/C13H18N2O2S3/c1-9-7-11(4-5-12(9)13(14)18)20(16,17)15-8-10-3-2-6-19-10/h4-5,7,10,15H,2-3,6,8H2,1H3,(H2,14,18). The lowest BCUT2D eigenvalue weighted by Crippen LogP contribution is -2.30. The van der Waals surface area contributed by atoms with E-state index >= 15 is 0 Å². The van der Waals surface area contributed by atoms with Crippen molar-refractivity contribution >= 4 is 39.0 Å². The molecule has 1 aliphatic rings. The molecule has 20 heavy (non-hydrogen) atoms. The van der Waals surface area contributed by atoms with Crippen LogP contribution in [0, 0.1) is 6.92 Å². The zero-order valence-corrected chi connectivity index (χ0v) is 13.7. The van der Waals surface area contributed by atoms with Gasteiger partial charge in [0.2, 0.25) is 10.0 Å². The third-order valence-corrected chi connectivity index (χ3v) is 6.34. The van der Waals surface area contributed by atoms with Gasteiger partial charge >= 0.3 is 0 Å². The highest BCUT2D eigenvalue weighted by Crippen LogP contribution is 2.25. The molecule has 1 aromatic rings. The molecule has 1 aliphatic heterocycles. The summed E-state index contributed by atoms with van der Waals surface area (Å²) in [6.45, 7) is 2.30. The molecule has 1 unspecified atom stereocenters. The molecule has 3 N–H and O–H groups in total. The maximum atomic E-state index is 12.2. The largest absolute Gasteiger partial charge is 0.389 e.